The van der Waals surface area contributed by atoms with E-state index >= 15 is 0 Å². The summed E-state index contributed by atoms with van der Waals surface area (Å²) < 4.78 is 28.1. The number of rotatable bonds is 3. The van der Waals surface area contributed by atoms with Gasteiger partial charge in [0, 0.05) is 18.5 Å². The van der Waals surface area contributed by atoms with Gasteiger partial charge in [0.05, 0.1) is 4.90 Å². The number of aryl methyl sites for hydroxylation is 1. The van der Waals surface area contributed by atoms with Gasteiger partial charge >= 0.3 is 0 Å². The number of benzene rings is 1. The Bertz CT molecular complexity index is 729. The molecule has 0 bridgehead atoms. The fraction of sp³-hybridized carbons (Fsp3) is 0.600. The third-order valence-corrected chi connectivity index (χ3v) is 8.36. The maximum absolute atomic E-state index is 13.2. The van der Waals surface area contributed by atoms with Crippen molar-refractivity contribution in [1.29, 1.82) is 0 Å². The Hall–Kier alpha value is -1.13. The van der Waals surface area contributed by atoms with E-state index in [4.69, 9.17) is 0 Å². The van der Waals surface area contributed by atoms with E-state index in [0.29, 0.717) is 18.0 Å². The van der Waals surface area contributed by atoms with Crippen molar-refractivity contribution < 1.29 is 8.42 Å². The molecule has 1 atom stereocenters. The fourth-order valence-corrected chi connectivity index (χ4v) is 6.27. The second kappa shape index (κ2) is 5.99. The summed E-state index contributed by atoms with van der Waals surface area (Å²) in [6.07, 6.45) is 5.87. The molecule has 1 saturated heterocycles. The van der Waals surface area contributed by atoms with Crippen molar-refractivity contribution in [3.63, 3.8) is 0 Å². The van der Waals surface area contributed by atoms with Crippen LogP contribution < -0.4 is 0 Å². The van der Waals surface area contributed by atoms with Crippen LogP contribution in [0.5, 0.6) is 0 Å². The lowest BCUT2D eigenvalue weighted by Gasteiger charge is -2.46. The highest BCUT2D eigenvalue weighted by atomic mass is 32.2. The molecule has 0 unspecified atom stereocenters. The minimum atomic E-state index is -3.44. The van der Waals surface area contributed by atoms with Gasteiger partial charge in [0.2, 0.25) is 10.0 Å². The van der Waals surface area contributed by atoms with Crippen LogP contribution in [0.4, 0.5) is 0 Å². The van der Waals surface area contributed by atoms with Crippen molar-refractivity contribution in [2.24, 2.45) is 10.8 Å². The first kappa shape index (κ1) is 17.7. The van der Waals surface area contributed by atoms with Crippen molar-refractivity contribution in [3.8, 4) is 0 Å². The molecule has 0 radical (unpaired) electrons. The lowest BCUT2D eigenvalue weighted by Crippen LogP contribution is -2.41. The number of nitrogens with zero attached hydrogens (tertiary/aromatic N) is 1. The van der Waals surface area contributed by atoms with E-state index in [2.05, 4.69) is 20.4 Å². The standard InChI is InChI=1S/C20H29NO2S/c1-16(2)19(4)14-21(15-20(19)12-6-5-7-13-20)24(22,23)18-10-8-17(3)9-11-18/h8-11H,1,5-7,12-15H2,2-4H3/t19-/m0/s1. The Morgan fingerprint density at radius 1 is 1.08 bits per heavy atom. The zero-order valence-corrected chi connectivity index (χ0v) is 16.0. The van der Waals surface area contributed by atoms with Crippen LogP contribution >= 0.6 is 0 Å². The Kier molecular flexibility index (Phi) is 4.42. The third kappa shape index (κ3) is 2.64. The van der Waals surface area contributed by atoms with Crippen LogP contribution in [0.25, 0.3) is 0 Å². The van der Waals surface area contributed by atoms with Crippen LogP contribution in [0.2, 0.25) is 0 Å². The first-order valence-electron chi connectivity index (χ1n) is 8.94. The highest BCUT2D eigenvalue weighted by Crippen LogP contribution is 2.58. The molecule has 24 heavy (non-hydrogen) atoms. The van der Waals surface area contributed by atoms with Gasteiger partial charge in [-0.2, -0.15) is 4.31 Å². The van der Waals surface area contributed by atoms with Crippen LogP contribution in [0.3, 0.4) is 0 Å². The Morgan fingerprint density at radius 2 is 1.67 bits per heavy atom. The van der Waals surface area contributed by atoms with Crippen molar-refractivity contribution in [2.75, 3.05) is 13.1 Å². The van der Waals surface area contributed by atoms with Gasteiger partial charge < -0.3 is 0 Å². The summed E-state index contributed by atoms with van der Waals surface area (Å²) in [5.74, 6) is 0. The first-order chi connectivity index (χ1) is 11.2. The summed E-state index contributed by atoms with van der Waals surface area (Å²) in [6, 6.07) is 7.21. The summed E-state index contributed by atoms with van der Waals surface area (Å²) in [5, 5.41) is 0. The van der Waals surface area contributed by atoms with E-state index in [0.717, 1.165) is 24.0 Å². The molecule has 1 spiro atoms. The molecule has 2 fully saturated rings. The number of hydrogen-bond acceptors (Lipinski definition) is 2. The average molecular weight is 348 g/mol. The van der Waals surface area contributed by atoms with E-state index in [1.54, 1.807) is 16.4 Å². The van der Waals surface area contributed by atoms with E-state index in [9.17, 15) is 8.42 Å². The summed E-state index contributed by atoms with van der Waals surface area (Å²) >= 11 is 0. The van der Waals surface area contributed by atoms with Crippen LogP contribution in [-0.4, -0.2) is 25.8 Å². The summed E-state index contributed by atoms with van der Waals surface area (Å²) in [5.41, 5.74) is 2.11. The topological polar surface area (TPSA) is 37.4 Å². The summed E-state index contributed by atoms with van der Waals surface area (Å²) in [6.45, 7) is 11.7. The quantitative estimate of drug-likeness (QED) is 0.753. The zero-order chi connectivity index (χ0) is 17.6. The molecule has 0 aromatic heterocycles. The van der Waals surface area contributed by atoms with E-state index in [1.165, 1.54) is 19.3 Å². The summed E-state index contributed by atoms with van der Waals surface area (Å²) in [7, 11) is -3.44. The molecular weight excluding hydrogens is 318 g/mol. The maximum atomic E-state index is 13.2. The highest BCUT2D eigenvalue weighted by molar-refractivity contribution is 7.89. The van der Waals surface area contributed by atoms with Crippen molar-refractivity contribution in [3.05, 3.63) is 42.0 Å². The SMILES string of the molecule is C=C(C)[C@]1(C)CN(S(=O)(=O)c2ccc(C)cc2)CC12CCCCC2. The molecule has 1 aliphatic carbocycles. The average Bonchev–Trinajstić information content (AvgIpc) is 2.83. The van der Waals surface area contributed by atoms with Crippen LogP contribution in [0.15, 0.2) is 41.3 Å². The molecule has 1 aromatic rings. The smallest absolute Gasteiger partial charge is 0.207 e. The second-order valence-corrected chi connectivity index (χ2v) is 9.98. The highest BCUT2D eigenvalue weighted by Gasteiger charge is 2.57. The monoisotopic (exact) mass is 347 g/mol. The molecule has 3 rings (SSSR count). The Balaban J connectivity index is 1.98. The molecule has 1 heterocycles. The summed E-state index contributed by atoms with van der Waals surface area (Å²) in [4.78, 5) is 0.407. The molecule has 4 heteroatoms. The third-order valence-electron chi connectivity index (χ3n) is 6.55. The van der Waals surface area contributed by atoms with E-state index in [-0.39, 0.29) is 10.8 Å². The van der Waals surface area contributed by atoms with Gasteiger partial charge in [0.25, 0.3) is 0 Å². The Morgan fingerprint density at radius 3 is 2.21 bits per heavy atom. The minimum absolute atomic E-state index is 0.0504. The van der Waals surface area contributed by atoms with Crippen molar-refractivity contribution >= 4 is 10.0 Å². The second-order valence-electron chi connectivity index (χ2n) is 8.04. The largest absolute Gasteiger partial charge is 0.243 e. The van der Waals surface area contributed by atoms with Gasteiger partial charge in [-0.25, -0.2) is 8.42 Å². The van der Waals surface area contributed by atoms with Crippen LogP contribution in [0, 0.1) is 17.8 Å². The van der Waals surface area contributed by atoms with Crippen LogP contribution in [-0.2, 0) is 10.0 Å². The number of hydrogen-bond donors (Lipinski definition) is 0. The van der Waals surface area contributed by atoms with Gasteiger partial charge in [0.1, 0.15) is 0 Å². The molecule has 1 aromatic carbocycles. The van der Waals surface area contributed by atoms with Gasteiger partial charge in [-0.05, 0) is 44.2 Å². The number of sulfonamides is 1. The minimum Gasteiger partial charge on any atom is -0.207 e. The predicted octanol–water partition coefficient (Wildman–Crippen LogP) is 4.53. The van der Waals surface area contributed by atoms with Crippen molar-refractivity contribution in [2.45, 2.75) is 57.8 Å². The molecule has 2 aliphatic rings. The lowest BCUT2D eigenvalue weighted by molar-refractivity contribution is 0.0942. The first-order valence-corrected chi connectivity index (χ1v) is 10.4. The van der Waals surface area contributed by atoms with Gasteiger partial charge in [-0.15, -0.1) is 0 Å². The molecule has 0 amide bonds. The molecule has 0 N–H and O–H groups in total. The van der Waals surface area contributed by atoms with Gasteiger partial charge in [-0.1, -0.05) is 56.0 Å². The maximum Gasteiger partial charge on any atom is 0.243 e. The molecular formula is C20H29NO2S. The lowest BCUT2D eigenvalue weighted by atomic mass is 9.57. The molecule has 3 nitrogen and oxygen atoms in total. The fourth-order valence-electron chi connectivity index (χ4n) is 4.64. The molecule has 1 aliphatic heterocycles. The van der Waals surface area contributed by atoms with E-state index in [1.807, 2.05) is 19.1 Å². The van der Waals surface area contributed by atoms with Crippen molar-refractivity contribution in [1.82, 2.24) is 4.31 Å². The Labute approximate surface area is 146 Å². The zero-order valence-electron chi connectivity index (χ0n) is 15.1. The van der Waals surface area contributed by atoms with E-state index < -0.39 is 10.0 Å². The van der Waals surface area contributed by atoms with Gasteiger partial charge in [-0.3, -0.25) is 0 Å². The van der Waals surface area contributed by atoms with Crippen LogP contribution in [0.1, 0.15) is 51.5 Å². The predicted molar refractivity (Wildman–Crippen MR) is 98.4 cm³/mol. The molecule has 132 valence electrons. The van der Waals surface area contributed by atoms with Gasteiger partial charge in [0.15, 0.2) is 0 Å². The molecule has 1 saturated carbocycles. The normalized spacial score (nSPS) is 27.5.